The van der Waals surface area contributed by atoms with Gasteiger partial charge in [-0.3, -0.25) is 0 Å². The van der Waals surface area contributed by atoms with Crippen molar-refractivity contribution in [3.63, 3.8) is 0 Å². The molecule has 0 radical (unpaired) electrons. The lowest BCUT2D eigenvalue weighted by atomic mass is 10.4. The van der Waals surface area contributed by atoms with E-state index in [0.29, 0.717) is 0 Å². The predicted molar refractivity (Wildman–Crippen MR) is 35.6 cm³/mol. The Morgan fingerprint density at radius 3 is 2.88 bits per heavy atom. The molecule has 0 aromatic carbocycles. The van der Waals surface area contributed by atoms with Gasteiger partial charge >= 0.3 is 0 Å². The van der Waals surface area contributed by atoms with Gasteiger partial charge in [-0.05, 0) is 5.53 Å². The lowest BCUT2D eigenvalue weighted by molar-refractivity contribution is 0.102. The van der Waals surface area contributed by atoms with Crippen LogP contribution in [0.25, 0.3) is 10.4 Å². The SMILES string of the molecule is [HH].[HH].[HH].[HH].[N-]=[N+]=NC[C@H](O)CO. The molecule has 0 spiro atoms. The van der Waals surface area contributed by atoms with Crippen LogP contribution in [0.3, 0.4) is 0 Å². The van der Waals surface area contributed by atoms with E-state index in [4.69, 9.17) is 15.7 Å². The summed E-state index contributed by atoms with van der Waals surface area (Å²) >= 11 is 0. The van der Waals surface area contributed by atoms with Gasteiger partial charge in [0.25, 0.3) is 0 Å². The summed E-state index contributed by atoms with van der Waals surface area (Å²) in [5, 5.41) is 19.6. The van der Waals surface area contributed by atoms with E-state index in [1.807, 2.05) is 0 Å². The van der Waals surface area contributed by atoms with Gasteiger partial charge in [-0.25, -0.2) is 0 Å². The highest BCUT2D eigenvalue weighted by Gasteiger charge is 1.95. The largest absolute Gasteiger partial charge is 0.394 e. The Morgan fingerprint density at radius 1 is 1.88 bits per heavy atom. The molecule has 54 valence electrons. The summed E-state index contributed by atoms with van der Waals surface area (Å²) in [6.07, 6.45) is -0.911. The number of nitrogens with zero attached hydrogens (tertiary/aromatic N) is 3. The Labute approximate surface area is 52.1 Å². The van der Waals surface area contributed by atoms with E-state index in [-0.39, 0.29) is 18.9 Å². The van der Waals surface area contributed by atoms with Crippen LogP contribution in [0.15, 0.2) is 5.11 Å². The molecule has 0 aliphatic rings. The van der Waals surface area contributed by atoms with Crippen molar-refractivity contribution in [2.75, 3.05) is 13.2 Å². The molecule has 0 aromatic heterocycles. The van der Waals surface area contributed by atoms with Crippen LogP contribution in [-0.2, 0) is 0 Å². The first-order valence-electron chi connectivity index (χ1n) is 2.11. The zero-order chi connectivity index (χ0) is 6.41. The molecular formula is C3H15N3O2. The van der Waals surface area contributed by atoms with Crippen molar-refractivity contribution in [3.05, 3.63) is 10.4 Å². The molecule has 0 aliphatic carbocycles. The predicted octanol–water partition coefficient (Wildman–Crippen LogP) is 0.634. The van der Waals surface area contributed by atoms with E-state index in [0.717, 1.165) is 0 Å². The Hall–Kier alpha value is -0.770. The van der Waals surface area contributed by atoms with Gasteiger partial charge in [0.2, 0.25) is 0 Å². The minimum absolute atomic E-state index is 0. The van der Waals surface area contributed by atoms with E-state index in [2.05, 4.69) is 10.0 Å². The minimum Gasteiger partial charge on any atom is -0.394 e. The lowest BCUT2D eigenvalue weighted by Gasteiger charge is -1.97. The van der Waals surface area contributed by atoms with Crippen LogP contribution < -0.4 is 0 Å². The third-order valence-corrected chi connectivity index (χ3v) is 0.566. The van der Waals surface area contributed by atoms with Gasteiger partial charge in [-0.15, -0.1) is 0 Å². The normalized spacial score (nSPS) is 12.2. The van der Waals surface area contributed by atoms with E-state index < -0.39 is 6.10 Å². The molecule has 0 saturated carbocycles. The fourth-order valence-electron chi connectivity index (χ4n) is 0.188. The van der Waals surface area contributed by atoms with Gasteiger partial charge in [-0.2, -0.15) is 0 Å². The highest BCUT2D eigenvalue weighted by Crippen LogP contribution is 1.80. The number of rotatable bonds is 3. The van der Waals surface area contributed by atoms with Gasteiger partial charge in [0.05, 0.1) is 19.3 Å². The van der Waals surface area contributed by atoms with Crippen molar-refractivity contribution in [3.8, 4) is 0 Å². The molecule has 5 nitrogen and oxygen atoms in total. The average Bonchev–Trinajstić information content (AvgIpc) is 1.83. The molecule has 5 heteroatoms. The zero-order valence-electron chi connectivity index (χ0n) is 4.23. The van der Waals surface area contributed by atoms with Crippen LogP contribution in [0.5, 0.6) is 0 Å². The Kier molecular flexibility index (Phi) is 3.97. The van der Waals surface area contributed by atoms with E-state index in [1.165, 1.54) is 0 Å². The van der Waals surface area contributed by atoms with Crippen LogP contribution in [-0.4, -0.2) is 29.5 Å². The second-order valence-electron chi connectivity index (χ2n) is 1.25. The highest BCUT2D eigenvalue weighted by molar-refractivity contribution is 4.55. The molecule has 0 aliphatic heterocycles. The summed E-state index contributed by atoms with van der Waals surface area (Å²) in [5.41, 5.74) is 7.68. The van der Waals surface area contributed by atoms with Gasteiger partial charge in [0.15, 0.2) is 0 Å². The quantitative estimate of drug-likeness (QED) is 0.329. The molecule has 0 fully saturated rings. The molecule has 0 amide bonds. The summed E-state index contributed by atoms with van der Waals surface area (Å²) in [5.74, 6) is 0. The maximum Gasteiger partial charge on any atom is 0.0827 e. The topological polar surface area (TPSA) is 89.2 Å². The van der Waals surface area contributed by atoms with E-state index in [9.17, 15) is 0 Å². The number of hydrogen-bond acceptors (Lipinski definition) is 3. The molecule has 0 bridgehead atoms. The van der Waals surface area contributed by atoms with Crippen molar-refractivity contribution in [1.82, 2.24) is 0 Å². The Balaban J connectivity index is -0.0000000408. The number of aliphatic hydroxyl groups is 2. The maximum atomic E-state index is 8.47. The highest BCUT2D eigenvalue weighted by atomic mass is 16.3. The standard InChI is InChI=1S/C3H7N3O2.4H2/c4-6-5-1-3(8)2-7;;;;/h3,7-8H,1-2H2;4*1H/t3-;;;;/m0..../s1. The van der Waals surface area contributed by atoms with Crippen molar-refractivity contribution >= 4 is 0 Å². The fraction of sp³-hybridized carbons (Fsp3) is 1.00. The van der Waals surface area contributed by atoms with E-state index in [1.54, 1.807) is 0 Å². The maximum absolute atomic E-state index is 8.47. The molecule has 1 atom stereocenters. The van der Waals surface area contributed by atoms with Crippen LogP contribution in [0.4, 0.5) is 0 Å². The molecule has 0 aromatic rings. The first-order chi connectivity index (χ1) is 3.81. The zero-order valence-corrected chi connectivity index (χ0v) is 4.23. The van der Waals surface area contributed by atoms with Crippen molar-refractivity contribution in [1.29, 1.82) is 0 Å². The van der Waals surface area contributed by atoms with Crippen LogP contribution in [0.2, 0.25) is 0 Å². The summed E-state index contributed by atoms with van der Waals surface area (Å²) in [7, 11) is 0. The van der Waals surface area contributed by atoms with Gasteiger partial charge in [0, 0.05) is 10.6 Å². The third-order valence-electron chi connectivity index (χ3n) is 0.566. The van der Waals surface area contributed by atoms with Crippen LogP contribution >= 0.6 is 0 Å². The molecule has 2 N–H and O–H groups in total. The van der Waals surface area contributed by atoms with E-state index >= 15 is 0 Å². The number of aliphatic hydroxyl groups excluding tert-OH is 2. The first-order valence-corrected chi connectivity index (χ1v) is 2.11. The first kappa shape index (κ1) is 7.23. The Morgan fingerprint density at radius 2 is 2.50 bits per heavy atom. The third kappa shape index (κ3) is 3.42. The van der Waals surface area contributed by atoms with Crippen molar-refractivity contribution < 1.29 is 15.9 Å². The number of azide groups is 1. The summed E-state index contributed by atoms with van der Waals surface area (Å²) < 4.78 is 0. The average molecular weight is 125 g/mol. The second kappa shape index (κ2) is 4.39. The molecular weight excluding hydrogens is 110 g/mol. The fourth-order valence-corrected chi connectivity index (χ4v) is 0.188. The van der Waals surface area contributed by atoms with Gasteiger partial charge in [0.1, 0.15) is 0 Å². The van der Waals surface area contributed by atoms with Crippen molar-refractivity contribution in [2.24, 2.45) is 5.11 Å². The molecule has 8 heavy (non-hydrogen) atoms. The minimum atomic E-state index is -0.911. The van der Waals surface area contributed by atoms with Gasteiger partial charge in [-0.1, -0.05) is 5.11 Å². The molecule has 0 rings (SSSR count). The molecule has 0 unspecified atom stereocenters. The Bertz CT molecular complexity index is 110. The van der Waals surface area contributed by atoms with Crippen LogP contribution in [0, 0.1) is 0 Å². The van der Waals surface area contributed by atoms with Gasteiger partial charge < -0.3 is 10.2 Å². The summed E-state index contributed by atoms with van der Waals surface area (Å²) in [6, 6.07) is 0. The summed E-state index contributed by atoms with van der Waals surface area (Å²) in [4.78, 5) is 2.38. The molecule has 0 heterocycles. The monoisotopic (exact) mass is 125 g/mol. The smallest absolute Gasteiger partial charge is 0.0827 e. The number of hydrogen-bond donors (Lipinski definition) is 2. The van der Waals surface area contributed by atoms with Crippen molar-refractivity contribution in [2.45, 2.75) is 6.10 Å². The van der Waals surface area contributed by atoms with Crippen LogP contribution in [0.1, 0.15) is 5.71 Å². The lowest BCUT2D eigenvalue weighted by Crippen LogP contribution is -2.14. The summed E-state index contributed by atoms with van der Waals surface area (Å²) in [6.45, 7) is -0.425. The molecule has 0 saturated heterocycles. The second-order valence-corrected chi connectivity index (χ2v) is 1.25.